The van der Waals surface area contributed by atoms with Crippen molar-refractivity contribution in [1.29, 1.82) is 0 Å². The van der Waals surface area contributed by atoms with E-state index in [1.165, 1.54) is 88.2 Å². The van der Waals surface area contributed by atoms with Gasteiger partial charge in [-0.1, -0.05) is 200 Å². The van der Waals surface area contributed by atoms with Crippen LogP contribution in [0.1, 0.15) is 0 Å². The van der Waals surface area contributed by atoms with Crippen molar-refractivity contribution >= 4 is 49.6 Å². The zero-order chi connectivity index (χ0) is 43.8. The minimum Gasteiger partial charge on any atom is -0.311 e. The van der Waals surface area contributed by atoms with Crippen LogP contribution in [-0.4, -0.2) is 4.57 Å². The van der Waals surface area contributed by atoms with Gasteiger partial charge in [0.05, 0.1) is 11.0 Å². The van der Waals surface area contributed by atoms with Crippen LogP contribution in [0.5, 0.6) is 0 Å². The van der Waals surface area contributed by atoms with Crippen LogP contribution in [0.2, 0.25) is 0 Å². The minimum absolute atomic E-state index is 1.11. The van der Waals surface area contributed by atoms with E-state index in [0.29, 0.717) is 0 Å². The molecule has 0 aliphatic rings. The summed E-state index contributed by atoms with van der Waals surface area (Å²) < 4.78 is 2.40. The molecule has 0 fully saturated rings. The first-order valence-electron chi connectivity index (χ1n) is 22.7. The van der Waals surface area contributed by atoms with Crippen molar-refractivity contribution in [1.82, 2.24) is 4.57 Å². The lowest BCUT2D eigenvalue weighted by molar-refractivity contribution is 1.18. The highest BCUT2D eigenvalue weighted by atomic mass is 15.1. The summed E-state index contributed by atoms with van der Waals surface area (Å²) in [6.45, 7) is 0. The van der Waals surface area contributed by atoms with Crippen LogP contribution >= 0.6 is 0 Å². The van der Waals surface area contributed by atoms with Crippen molar-refractivity contribution in [2.45, 2.75) is 0 Å². The van der Waals surface area contributed by atoms with E-state index in [1.807, 2.05) is 0 Å². The number of para-hydroxylation sites is 2. The average Bonchev–Trinajstić information content (AvgIpc) is 3.73. The molecular formula is C64H44N2. The van der Waals surface area contributed by atoms with Gasteiger partial charge >= 0.3 is 0 Å². The highest BCUT2D eigenvalue weighted by Gasteiger charge is 2.17. The van der Waals surface area contributed by atoms with E-state index in [4.69, 9.17) is 0 Å². The number of nitrogens with zero attached hydrogens (tertiary/aromatic N) is 2. The molecule has 1 aromatic heterocycles. The van der Waals surface area contributed by atoms with Gasteiger partial charge in [-0.2, -0.15) is 0 Å². The summed E-state index contributed by atoms with van der Waals surface area (Å²) in [5.41, 5.74) is 19.0. The molecule has 0 aliphatic carbocycles. The molecule has 0 saturated heterocycles. The van der Waals surface area contributed by atoms with Gasteiger partial charge in [0.1, 0.15) is 0 Å². The second kappa shape index (κ2) is 16.8. The number of aromatic nitrogens is 1. The standard InChI is InChI=1S/C64H44N2/c1-4-14-45(15-5-1)48-28-35-54(36-29-48)65(53-18-8-3-9-19-53)55-37-30-50(31-38-55)47-24-26-51(27-25-47)57-41-42-58(60-21-11-10-20-59(57)60)52-34-43-64-62(44-52)61-22-12-13-23-63(61)66(64)56-39-32-49(33-40-56)46-16-6-2-7-17-46/h1-44H. The summed E-state index contributed by atoms with van der Waals surface area (Å²) in [7, 11) is 0. The molecule has 12 aromatic rings. The number of hydrogen-bond acceptors (Lipinski definition) is 1. The van der Waals surface area contributed by atoms with Gasteiger partial charge in [0.2, 0.25) is 0 Å². The van der Waals surface area contributed by atoms with Gasteiger partial charge in [0.15, 0.2) is 0 Å². The molecule has 0 atom stereocenters. The van der Waals surface area contributed by atoms with Crippen LogP contribution < -0.4 is 4.90 Å². The number of hydrogen-bond donors (Lipinski definition) is 0. The Morgan fingerprint density at radius 3 is 1.14 bits per heavy atom. The normalized spacial score (nSPS) is 11.3. The fourth-order valence-corrected chi connectivity index (χ4v) is 9.76. The first-order valence-corrected chi connectivity index (χ1v) is 22.7. The quantitative estimate of drug-likeness (QED) is 0.141. The van der Waals surface area contributed by atoms with Gasteiger partial charge in [0.25, 0.3) is 0 Å². The second-order valence-electron chi connectivity index (χ2n) is 16.9. The average molecular weight is 841 g/mol. The van der Waals surface area contributed by atoms with Gasteiger partial charge in [-0.3, -0.25) is 0 Å². The Morgan fingerprint density at radius 1 is 0.227 bits per heavy atom. The molecule has 0 aliphatic heterocycles. The number of rotatable bonds is 9. The van der Waals surface area contributed by atoms with Gasteiger partial charge < -0.3 is 9.47 Å². The lowest BCUT2D eigenvalue weighted by Crippen LogP contribution is -2.09. The summed E-state index contributed by atoms with van der Waals surface area (Å²) in [5, 5.41) is 4.98. The lowest BCUT2D eigenvalue weighted by atomic mass is 9.91. The number of benzene rings is 11. The van der Waals surface area contributed by atoms with Crippen molar-refractivity contribution in [2.24, 2.45) is 0 Å². The van der Waals surface area contributed by atoms with Crippen LogP contribution in [0.25, 0.3) is 93.9 Å². The predicted molar refractivity (Wildman–Crippen MR) is 280 cm³/mol. The predicted octanol–water partition coefficient (Wildman–Crippen LogP) is 17.7. The smallest absolute Gasteiger partial charge is 0.0541 e. The molecule has 66 heavy (non-hydrogen) atoms. The first kappa shape index (κ1) is 38.9. The molecule has 310 valence electrons. The molecule has 1 heterocycles. The molecule has 0 bridgehead atoms. The Kier molecular flexibility index (Phi) is 9.89. The van der Waals surface area contributed by atoms with E-state index in [2.05, 4.69) is 276 Å². The van der Waals surface area contributed by atoms with Crippen LogP contribution in [0, 0.1) is 0 Å². The fourth-order valence-electron chi connectivity index (χ4n) is 9.76. The monoisotopic (exact) mass is 840 g/mol. The van der Waals surface area contributed by atoms with E-state index in [-0.39, 0.29) is 0 Å². The maximum atomic E-state index is 2.40. The van der Waals surface area contributed by atoms with Crippen molar-refractivity contribution in [2.75, 3.05) is 4.90 Å². The highest BCUT2D eigenvalue weighted by molar-refractivity contribution is 6.12. The van der Waals surface area contributed by atoms with E-state index in [0.717, 1.165) is 22.7 Å². The molecule has 0 spiro atoms. The first-order chi connectivity index (χ1) is 32.7. The molecule has 0 saturated carbocycles. The van der Waals surface area contributed by atoms with Crippen LogP contribution in [0.3, 0.4) is 0 Å². The third kappa shape index (κ3) is 7.12. The molecule has 12 rings (SSSR count). The Balaban J connectivity index is 0.843. The van der Waals surface area contributed by atoms with E-state index in [9.17, 15) is 0 Å². The molecule has 0 amide bonds. The minimum atomic E-state index is 1.11. The molecule has 2 heteroatoms. The maximum Gasteiger partial charge on any atom is 0.0541 e. The Morgan fingerprint density at radius 2 is 0.591 bits per heavy atom. The van der Waals surface area contributed by atoms with E-state index in [1.54, 1.807) is 0 Å². The molecule has 11 aromatic carbocycles. The van der Waals surface area contributed by atoms with Gasteiger partial charge in [-0.05, 0) is 133 Å². The summed E-state index contributed by atoms with van der Waals surface area (Å²) in [6.07, 6.45) is 0. The topological polar surface area (TPSA) is 8.17 Å². The van der Waals surface area contributed by atoms with Crippen LogP contribution in [0.4, 0.5) is 17.1 Å². The second-order valence-corrected chi connectivity index (χ2v) is 16.9. The highest BCUT2D eigenvalue weighted by Crippen LogP contribution is 2.41. The van der Waals surface area contributed by atoms with Crippen LogP contribution in [0.15, 0.2) is 267 Å². The Labute approximate surface area is 385 Å². The molecule has 0 radical (unpaired) electrons. The summed E-state index contributed by atoms with van der Waals surface area (Å²) in [6, 6.07) is 96.6. The van der Waals surface area contributed by atoms with E-state index >= 15 is 0 Å². The van der Waals surface area contributed by atoms with Crippen molar-refractivity contribution in [3.63, 3.8) is 0 Å². The molecule has 0 unspecified atom stereocenters. The van der Waals surface area contributed by atoms with Gasteiger partial charge in [-0.25, -0.2) is 0 Å². The Bertz CT molecular complexity index is 3630. The maximum absolute atomic E-state index is 2.40. The lowest BCUT2D eigenvalue weighted by Gasteiger charge is -2.26. The molecule has 0 N–H and O–H groups in total. The zero-order valence-electron chi connectivity index (χ0n) is 36.3. The van der Waals surface area contributed by atoms with Crippen molar-refractivity contribution in [3.05, 3.63) is 267 Å². The van der Waals surface area contributed by atoms with E-state index < -0.39 is 0 Å². The third-order valence-electron chi connectivity index (χ3n) is 13.0. The third-order valence-corrected chi connectivity index (χ3v) is 13.0. The van der Waals surface area contributed by atoms with Crippen LogP contribution in [-0.2, 0) is 0 Å². The summed E-state index contributed by atoms with van der Waals surface area (Å²) >= 11 is 0. The zero-order valence-corrected chi connectivity index (χ0v) is 36.3. The van der Waals surface area contributed by atoms with Crippen molar-refractivity contribution < 1.29 is 0 Å². The largest absolute Gasteiger partial charge is 0.311 e. The van der Waals surface area contributed by atoms with Gasteiger partial charge in [0, 0.05) is 33.5 Å². The summed E-state index contributed by atoms with van der Waals surface area (Å²) in [5.74, 6) is 0. The van der Waals surface area contributed by atoms with Gasteiger partial charge in [-0.15, -0.1) is 0 Å². The number of fused-ring (bicyclic) bond motifs is 4. The molecule has 2 nitrogen and oxygen atoms in total. The van der Waals surface area contributed by atoms with Crippen molar-refractivity contribution in [3.8, 4) is 61.3 Å². The molecular weight excluding hydrogens is 797 g/mol. The number of anilines is 3. The SMILES string of the molecule is c1ccc(-c2ccc(N(c3ccccc3)c3ccc(-c4ccc(-c5ccc(-c6ccc7c(c6)c6ccccc6n7-c6ccc(-c7ccccc7)cc6)c6ccccc56)cc4)cc3)cc2)cc1. The Hall–Kier alpha value is -8.72. The fraction of sp³-hybridized carbons (Fsp3) is 0. The summed E-state index contributed by atoms with van der Waals surface area (Å²) in [4.78, 5) is 2.32.